The van der Waals surface area contributed by atoms with Crippen molar-refractivity contribution in [1.82, 2.24) is 0 Å². The summed E-state index contributed by atoms with van der Waals surface area (Å²) in [4.78, 5) is 73.1. The van der Waals surface area contributed by atoms with Gasteiger partial charge in [0.05, 0.1) is 26.4 Å². The minimum atomic E-state index is -4.96. The van der Waals surface area contributed by atoms with Crippen molar-refractivity contribution in [2.75, 3.05) is 39.6 Å². The topological polar surface area (TPSA) is 237 Å². The van der Waals surface area contributed by atoms with E-state index in [9.17, 15) is 43.2 Å². The van der Waals surface area contributed by atoms with Crippen molar-refractivity contribution in [3.05, 3.63) is 0 Å². The first kappa shape index (κ1) is 99.1. The fourth-order valence-electron chi connectivity index (χ4n) is 12.6. The Hall–Kier alpha value is -1.94. The summed E-state index contributed by atoms with van der Waals surface area (Å²) in [6.45, 7) is 14.3. The highest BCUT2D eigenvalue weighted by Crippen LogP contribution is 2.45. The molecular formula is C82H160O17P2. The Morgan fingerprint density at radius 2 is 0.475 bits per heavy atom. The monoisotopic (exact) mass is 1480 g/mol. The third kappa shape index (κ3) is 74.7. The van der Waals surface area contributed by atoms with E-state index in [0.717, 1.165) is 114 Å². The molecule has 0 bridgehead atoms. The molecule has 0 saturated heterocycles. The maximum Gasteiger partial charge on any atom is 0.472 e. The zero-order valence-corrected chi connectivity index (χ0v) is 68.3. The number of rotatable bonds is 79. The molecular weight excluding hydrogens is 1320 g/mol. The van der Waals surface area contributed by atoms with Gasteiger partial charge in [-0.05, 0) is 49.4 Å². The molecule has 0 aliphatic heterocycles. The zero-order valence-electron chi connectivity index (χ0n) is 66.5. The molecule has 0 spiro atoms. The number of aliphatic hydroxyl groups excluding tert-OH is 1. The lowest BCUT2D eigenvalue weighted by molar-refractivity contribution is -0.161. The van der Waals surface area contributed by atoms with Crippen LogP contribution in [-0.4, -0.2) is 96.7 Å². The summed E-state index contributed by atoms with van der Waals surface area (Å²) in [5, 5.41) is 10.6. The number of unbranched alkanes of at least 4 members (excludes halogenated alkanes) is 44. The molecule has 0 aromatic carbocycles. The Bertz CT molecular complexity index is 1970. The largest absolute Gasteiger partial charge is 0.472 e. The molecule has 101 heavy (non-hydrogen) atoms. The van der Waals surface area contributed by atoms with Crippen molar-refractivity contribution in [3.8, 4) is 0 Å². The second-order valence-corrected chi connectivity index (χ2v) is 34.1. The smallest absolute Gasteiger partial charge is 0.462 e. The third-order valence-corrected chi connectivity index (χ3v) is 21.3. The lowest BCUT2D eigenvalue weighted by Crippen LogP contribution is -2.30. The number of carbonyl (C=O) groups is 4. The van der Waals surface area contributed by atoms with E-state index >= 15 is 0 Å². The van der Waals surface area contributed by atoms with Crippen LogP contribution in [0.15, 0.2) is 0 Å². The van der Waals surface area contributed by atoms with Crippen molar-refractivity contribution >= 4 is 39.5 Å². The average molecular weight is 1480 g/mol. The zero-order chi connectivity index (χ0) is 74.6. The molecule has 0 aliphatic rings. The highest BCUT2D eigenvalue weighted by molar-refractivity contribution is 7.47. The second-order valence-electron chi connectivity index (χ2n) is 31.2. The predicted molar refractivity (Wildman–Crippen MR) is 414 cm³/mol. The molecule has 17 nitrogen and oxygen atoms in total. The van der Waals surface area contributed by atoms with Gasteiger partial charge in [0.1, 0.15) is 19.3 Å². The Morgan fingerprint density at radius 3 is 0.703 bits per heavy atom. The van der Waals surface area contributed by atoms with E-state index in [1.165, 1.54) is 225 Å². The average Bonchev–Trinajstić information content (AvgIpc) is 0.948. The summed E-state index contributed by atoms with van der Waals surface area (Å²) in [5.41, 5.74) is 0. The third-order valence-electron chi connectivity index (χ3n) is 19.4. The van der Waals surface area contributed by atoms with Gasteiger partial charge >= 0.3 is 39.5 Å². The normalized spacial score (nSPS) is 14.3. The van der Waals surface area contributed by atoms with Gasteiger partial charge in [0, 0.05) is 25.7 Å². The minimum absolute atomic E-state index is 0.105. The Labute approximate surface area is 619 Å². The van der Waals surface area contributed by atoms with Crippen LogP contribution in [0.25, 0.3) is 0 Å². The van der Waals surface area contributed by atoms with Crippen LogP contribution in [0.1, 0.15) is 421 Å². The summed E-state index contributed by atoms with van der Waals surface area (Å²) in [6, 6.07) is 0. The quantitative estimate of drug-likeness (QED) is 0.0222. The fourth-order valence-corrected chi connectivity index (χ4v) is 14.2. The number of esters is 4. The van der Waals surface area contributed by atoms with Crippen molar-refractivity contribution in [2.24, 2.45) is 23.7 Å². The van der Waals surface area contributed by atoms with E-state index in [-0.39, 0.29) is 25.7 Å². The van der Waals surface area contributed by atoms with Gasteiger partial charge in [0.25, 0.3) is 0 Å². The van der Waals surface area contributed by atoms with E-state index in [2.05, 4.69) is 55.4 Å². The maximum absolute atomic E-state index is 13.1. The van der Waals surface area contributed by atoms with E-state index in [0.29, 0.717) is 25.7 Å². The van der Waals surface area contributed by atoms with Gasteiger partial charge in [-0.15, -0.1) is 0 Å². The first-order valence-electron chi connectivity index (χ1n) is 42.2. The summed E-state index contributed by atoms with van der Waals surface area (Å²) >= 11 is 0. The van der Waals surface area contributed by atoms with Crippen LogP contribution < -0.4 is 0 Å². The van der Waals surface area contributed by atoms with Crippen LogP contribution >= 0.6 is 15.6 Å². The van der Waals surface area contributed by atoms with E-state index in [1.54, 1.807) is 0 Å². The highest BCUT2D eigenvalue weighted by atomic mass is 31.2. The van der Waals surface area contributed by atoms with Crippen LogP contribution in [0, 0.1) is 23.7 Å². The summed E-state index contributed by atoms with van der Waals surface area (Å²) in [6.07, 6.45) is 58.3. The first-order chi connectivity index (χ1) is 48.6. The number of phosphoric acid groups is 2. The van der Waals surface area contributed by atoms with Crippen LogP contribution in [-0.2, 0) is 65.4 Å². The predicted octanol–water partition coefficient (Wildman–Crippen LogP) is 24.4. The fraction of sp³-hybridized carbons (Fsp3) is 0.951. The standard InChI is InChI=1S/C82H160O17P2/c1-9-75(8)61-53-45-37-28-24-25-31-41-49-57-65-82(87)99-78(69-93-80(85)63-55-47-39-33-32-36-44-52-60-74(6)7)71-97-101(90,91)95-67-76(83)66-94-100(88,89)96-70-77(68-92-79(84)62-54-46-38-29-22-19-18-21-27-35-43-51-59-73(4)5)98-81(86)64-56-48-40-30-23-17-15-13-11-10-12-14-16-20-26-34-42-50-58-72(2)3/h72-78,83H,9-71H2,1-8H3,(H,88,89)(H,90,91)/t75?,76-,77-,78-/m1/s1. The molecule has 6 atom stereocenters. The Balaban J connectivity index is 5.24. The van der Waals surface area contributed by atoms with E-state index < -0.39 is 97.5 Å². The van der Waals surface area contributed by atoms with Crippen LogP contribution in [0.3, 0.4) is 0 Å². The number of ether oxygens (including phenoxy) is 4. The van der Waals surface area contributed by atoms with Crippen LogP contribution in [0.2, 0.25) is 0 Å². The van der Waals surface area contributed by atoms with Gasteiger partial charge in [0.2, 0.25) is 0 Å². The van der Waals surface area contributed by atoms with E-state index in [4.69, 9.17) is 37.0 Å². The van der Waals surface area contributed by atoms with Crippen molar-refractivity contribution in [1.29, 1.82) is 0 Å². The van der Waals surface area contributed by atoms with Crippen molar-refractivity contribution in [2.45, 2.75) is 440 Å². The molecule has 0 saturated carbocycles. The number of aliphatic hydroxyl groups is 1. The number of hydrogen-bond acceptors (Lipinski definition) is 15. The second kappa shape index (κ2) is 71.0. The number of carbonyl (C=O) groups excluding carboxylic acids is 4. The van der Waals surface area contributed by atoms with Gasteiger partial charge in [-0.2, -0.15) is 0 Å². The number of hydrogen-bond donors (Lipinski definition) is 3. The molecule has 0 fully saturated rings. The molecule has 0 rings (SSSR count). The maximum atomic E-state index is 13.1. The molecule has 0 heterocycles. The van der Waals surface area contributed by atoms with E-state index in [1.807, 2.05) is 0 Å². The van der Waals surface area contributed by atoms with Crippen LogP contribution in [0.4, 0.5) is 0 Å². The summed E-state index contributed by atoms with van der Waals surface area (Å²) < 4.78 is 68.8. The molecule has 0 aliphatic carbocycles. The molecule has 3 N–H and O–H groups in total. The van der Waals surface area contributed by atoms with Crippen molar-refractivity contribution < 1.29 is 80.2 Å². The molecule has 0 aromatic heterocycles. The Kier molecular flexibility index (Phi) is 69.6. The number of phosphoric ester groups is 2. The van der Waals surface area contributed by atoms with Gasteiger partial charge in [-0.3, -0.25) is 37.3 Å². The highest BCUT2D eigenvalue weighted by Gasteiger charge is 2.30. The van der Waals surface area contributed by atoms with Gasteiger partial charge in [0.15, 0.2) is 12.2 Å². The SMILES string of the molecule is CCC(C)CCCCCCCCCCCCC(=O)O[C@H](COC(=O)CCCCCCCCCCC(C)C)COP(=O)(O)OC[C@H](O)COP(=O)(O)OC[C@@H](COC(=O)CCCCCCCCCCCCCCC(C)C)OC(=O)CCCCCCCCCCCCCCCCCCCCC(C)C. The molecule has 0 aromatic rings. The molecule has 3 unspecified atom stereocenters. The van der Waals surface area contributed by atoms with Crippen molar-refractivity contribution in [3.63, 3.8) is 0 Å². The molecule has 19 heteroatoms. The summed E-state index contributed by atoms with van der Waals surface area (Å²) in [5.74, 6) is 1.02. The Morgan fingerprint density at radius 1 is 0.277 bits per heavy atom. The molecule has 0 radical (unpaired) electrons. The minimum Gasteiger partial charge on any atom is -0.462 e. The van der Waals surface area contributed by atoms with Crippen LogP contribution in [0.5, 0.6) is 0 Å². The summed E-state index contributed by atoms with van der Waals surface area (Å²) in [7, 11) is -9.92. The lowest BCUT2D eigenvalue weighted by atomic mass is 9.99. The molecule has 0 amide bonds. The molecule has 600 valence electrons. The van der Waals surface area contributed by atoms with Gasteiger partial charge in [-0.1, -0.05) is 370 Å². The first-order valence-corrected chi connectivity index (χ1v) is 45.2. The van der Waals surface area contributed by atoms with Gasteiger partial charge < -0.3 is 33.8 Å². The van der Waals surface area contributed by atoms with Gasteiger partial charge in [-0.25, -0.2) is 9.13 Å². The lowest BCUT2D eigenvalue weighted by Gasteiger charge is -2.21.